The molecule has 144 valence electrons. The van der Waals surface area contributed by atoms with Gasteiger partial charge in [0, 0.05) is 0 Å². The zero-order valence-electron chi connectivity index (χ0n) is 13.7. The average Bonchev–Trinajstić information content (AvgIpc) is 2.97. The summed E-state index contributed by atoms with van der Waals surface area (Å²) in [6.07, 6.45) is -2.80. The molecule has 0 unspecified atom stereocenters. The molecular formula is C14H16F3N3O5S. The van der Waals surface area contributed by atoms with Crippen LogP contribution in [0, 0.1) is 0 Å². The number of rotatable bonds is 7. The zero-order valence-corrected chi connectivity index (χ0v) is 14.5. The minimum absolute atomic E-state index is 0.110. The largest absolute Gasteiger partial charge is 0.573 e. The third-order valence-electron chi connectivity index (χ3n) is 3.45. The molecule has 1 aromatic carbocycles. The SMILES string of the molecule is C[C@@H](OS(C)(=O)=O)[C@](O)(Cn1cncn1)c1ccc(OC(F)(F)F)cc1. The molecule has 1 N–H and O–H groups in total. The fourth-order valence-electron chi connectivity index (χ4n) is 2.30. The van der Waals surface area contributed by atoms with E-state index in [0.717, 1.165) is 18.4 Å². The number of aliphatic hydroxyl groups is 1. The number of alkyl halides is 3. The van der Waals surface area contributed by atoms with Crippen molar-refractivity contribution in [1.82, 2.24) is 14.8 Å². The highest BCUT2D eigenvalue weighted by Gasteiger charge is 2.40. The number of halogens is 3. The highest BCUT2D eigenvalue weighted by Crippen LogP contribution is 2.32. The van der Waals surface area contributed by atoms with Crippen molar-refractivity contribution < 1.29 is 35.6 Å². The number of nitrogens with zero attached hydrogens (tertiary/aromatic N) is 3. The monoisotopic (exact) mass is 395 g/mol. The van der Waals surface area contributed by atoms with Crippen LogP contribution in [-0.2, 0) is 26.4 Å². The molecule has 2 aromatic rings. The molecule has 2 atom stereocenters. The minimum Gasteiger partial charge on any atom is -0.406 e. The van der Waals surface area contributed by atoms with Gasteiger partial charge in [-0.25, -0.2) is 9.67 Å². The van der Waals surface area contributed by atoms with E-state index in [1.807, 2.05) is 0 Å². The van der Waals surface area contributed by atoms with Crippen LogP contribution in [0.5, 0.6) is 5.75 Å². The summed E-state index contributed by atoms with van der Waals surface area (Å²) in [5, 5.41) is 14.9. The number of aromatic nitrogens is 3. The van der Waals surface area contributed by atoms with Crippen LogP contribution in [0.2, 0.25) is 0 Å². The molecule has 0 fully saturated rings. The van der Waals surface area contributed by atoms with Gasteiger partial charge in [-0.15, -0.1) is 13.2 Å². The Balaban J connectivity index is 2.36. The van der Waals surface area contributed by atoms with E-state index in [2.05, 4.69) is 14.8 Å². The molecule has 0 amide bonds. The van der Waals surface area contributed by atoms with Crippen LogP contribution >= 0.6 is 0 Å². The second-order valence-corrected chi connectivity index (χ2v) is 7.13. The summed E-state index contributed by atoms with van der Waals surface area (Å²) in [5.41, 5.74) is -1.81. The lowest BCUT2D eigenvalue weighted by atomic mass is 9.88. The molecule has 0 aliphatic rings. The number of hydrogen-bond donors (Lipinski definition) is 1. The molecule has 0 saturated heterocycles. The normalized spacial score (nSPS) is 16.1. The Labute approximate surface area is 147 Å². The average molecular weight is 395 g/mol. The summed E-state index contributed by atoms with van der Waals surface area (Å²) in [6, 6.07) is 4.37. The van der Waals surface area contributed by atoms with E-state index < -0.39 is 33.9 Å². The van der Waals surface area contributed by atoms with Crippen LogP contribution in [0.4, 0.5) is 13.2 Å². The minimum atomic E-state index is -4.86. The first-order valence-corrected chi connectivity index (χ1v) is 9.00. The fourth-order valence-corrected chi connectivity index (χ4v) is 2.99. The van der Waals surface area contributed by atoms with Gasteiger partial charge >= 0.3 is 6.36 Å². The second kappa shape index (κ2) is 7.21. The van der Waals surface area contributed by atoms with Crippen LogP contribution in [0.25, 0.3) is 0 Å². The van der Waals surface area contributed by atoms with Gasteiger partial charge in [-0.05, 0) is 24.6 Å². The number of benzene rings is 1. The van der Waals surface area contributed by atoms with Crippen molar-refractivity contribution in [3.05, 3.63) is 42.5 Å². The van der Waals surface area contributed by atoms with E-state index in [1.165, 1.54) is 36.4 Å². The highest BCUT2D eigenvalue weighted by atomic mass is 32.2. The van der Waals surface area contributed by atoms with Crippen molar-refractivity contribution in [1.29, 1.82) is 0 Å². The molecular weight excluding hydrogens is 379 g/mol. The van der Waals surface area contributed by atoms with Crippen molar-refractivity contribution in [2.75, 3.05) is 6.26 Å². The molecule has 0 radical (unpaired) electrons. The summed E-state index contributed by atoms with van der Waals surface area (Å²) < 4.78 is 69.5. The van der Waals surface area contributed by atoms with E-state index in [9.17, 15) is 26.7 Å². The van der Waals surface area contributed by atoms with Crippen molar-refractivity contribution >= 4 is 10.1 Å². The topological polar surface area (TPSA) is 104 Å². The molecule has 1 aromatic heterocycles. The summed E-state index contributed by atoms with van der Waals surface area (Å²) >= 11 is 0. The lowest BCUT2D eigenvalue weighted by molar-refractivity contribution is -0.274. The van der Waals surface area contributed by atoms with Gasteiger partial charge in [-0.3, -0.25) is 4.18 Å². The third kappa shape index (κ3) is 5.41. The predicted molar refractivity (Wildman–Crippen MR) is 82.4 cm³/mol. The number of ether oxygens (including phenoxy) is 1. The van der Waals surface area contributed by atoms with Crippen molar-refractivity contribution in [3.63, 3.8) is 0 Å². The van der Waals surface area contributed by atoms with Gasteiger partial charge < -0.3 is 9.84 Å². The third-order valence-corrected chi connectivity index (χ3v) is 4.09. The lowest BCUT2D eigenvalue weighted by Crippen LogP contribution is -2.44. The van der Waals surface area contributed by atoms with Crippen LogP contribution in [-0.4, -0.2) is 47.0 Å². The number of hydrogen-bond acceptors (Lipinski definition) is 7. The quantitative estimate of drug-likeness (QED) is 0.708. The van der Waals surface area contributed by atoms with E-state index >= 15 is 0 Å². The van der Waals surface area contributed by atoms with Crippen LogP contribution in [0.15, 0.2) is 36.9 Å². The van der Waals surface area contributed by atoms with Crippen molar-refractivity contribution in [3.8, 4) is 5.75 Å². The Morgan fingerprint density at radius 1 is 1.27 bits per heavy atom. The Hall–Kier alpha value is -2.18. The first kappa shape index (κ1) is 20.1. The van der Waals surface area contributed by atoms with Crippen LogP contribution in [0.1, 0.15) is 12.5 Å². The van der Waals surface area contributed by atoms with Crippen molar-refractivity contribution in [2.24, 2.45) is 0 Å². The summed E-state index contributed by atoms with van der Waals surface area (Å²) in [4.78, 5) is 3.73. The second-order valence-electron chi connectivity index (χ2n) is 5.53. The van der Waals surface area contributed by atoms with Gasteiger partial charge in [0.1, 0.15) is 30.1 Å². The van der Waals surface area contributed by atoms with Gasteiger partial charge in [-0.2, -0.15) is 13.5 Å². The van der Waals surface area contributed by atoms with E-state index in [4.69, 9.17) is 4.18 Å². The van der Waals surface area contributed by atoms with Gasteiger partial charge in [-0.1, -0.05) is 12.1 Å². The van der Waals surface area contributed by atoms with Crippen molar-refractivity contribution in [2.45, 2.75) is 31.5 Å². The first-order valence-electron chi connectivity index (χ1n) is 7.18. The maximum absolute atomic E-state index is 12.3. The van der Waals surface area contributed by atoms with Gasteiger partial charge in [0.15, 0.2) is 0 Å². The van der Waals surface area contributed by atoms with E-state index in [-0.39, 0.29) is 12.1 Å². The van der Waals surface area contributed by atoms with Crippen LogP contribution < -0.4 is 4.74 Å². The summed E-state index contributed by atoms with van der Waals surface area (Å²) in [5.74, 6) is -0.485. The molecule has 26 heavy (non-hydrogen) atoms. The molecule has 0 spiro atoms. The lowest BCUT2D eigenvalue weighted by Gasteiger charge is -2.33. The van der Waals surface area contributed by atoms with Gasteiger partial charge in [0.25, 0.3) is 10.1 Å². The predicted octanol–water partition coefficient (Wildman–Crippen LogP) is 1.43. The van der Waals surface area contributed by atoms with Crippen LogP contribution in [0.3, 0.4) is 0 Å². The maximum Gasteiger partial charge on any atom is 0.573 e. The molecule has 0 bridgehead atoms. The Morgan fingerprint density at radius 3 is 2.35 bits per heavy atom. The fraction of sp³-hybridized carbons (Fsp3) is 0.429. The molecule has 0 saturated carbocycles. The smallest absolute Gasteiger partial charge is 0.406 e. The molecule has 0 aliphatic carbocycles. The van der Waals surface area contributed by atoms with E-state index in [0.29, 0.717) is 0 Å². The highest BCUT2D eigenvalue weighted by molar-refractivity contribution is 7.86. The Morgan fingerprint density at radius 2 is 1.88 bits per heavy atom. The molecule has 1 heterocycles. The molecule has 0 aliphatic heterocycles. The zero-order chi connectivity index (χ0) is 19.6. The van der Waals surface area contributed by atoms with Gasteiger partial charge in [0.2, 0.25) is 0 Å². The summed E-state index contributed by atoms with van der Waals surface area (Å²) in [6.45, 7) is 1.07. The van der Waals surface area contributed by atoms with E-state index in [1.54, 1.807) is 0 Å². The maximum atomic E-state index is 12.3. The summed E-state index contributed by atoms with van der Waals surface area (Å²) in [7, 11) is -3.90. The first-order chi connectivity index (χ1) is 11.9. The van der Waals surface area contributed by atoms with Gasteiger partial charge in [0.05, 0.1) is 12.8 Å². The molecule has 2 rings (SSSR count). The Bertz CT molecular complexity index is 825. The standard InChI is InChI=1S/C14H16F3N3O5S/c1-10(25-26(2,22)23)13(21,7-20-9-18-8-19-20)11-3-5-12(6-4-11)24-14(15,16)17/h3-6,8-10,21H,7H2,1-2H3/t10-,13-/m1/s1. The molecule has 8 nitrogen and oxygen atoms in total. The molecule has 12 heteroatoms. The Kier molecular flexibility index (Phi) is 5.58.